The van der Waals surface area contributed by atoms with Crippen molar-refractivity contribution < 1.29 is 4.79 Å². The molecule has 2 aromatic rings. The molecule has 1 aromatic carbocycles. The van der Waals surface area contributed by atoms with Gasteiger partial charge in [0.1, 0.15) is 0 Å². The molecule has 5 heteroatoms. The molecule has 0 atom stereocenters. The molecule has 0 saturated carbocycles. The van der Waals surface area contributed by atoms with Crippen LogP contribution in [0.15, 0.2) is 40.2 Å². The third-order valence-corrected chi connectivity index (χ3v) is 4.53. The third kappa shape index (κ3) is 4.35. The van der Waals surface area contributed by atoms with Crippen molar-refractivity contribution in [3.05, 3.63) is 50.6 Å². The minimum absolute atomic E-state index is 0.120. The SMILES string of the molecule is CN(C)C(=O)Cc1ccc(NCc2ccc(Br)s2)cc1. The van der Waals surface area contributed by atoms with E-state index in [2.05, 4.69) is 33.4 Å². The van der Waals surface area contributed by atoms with Gasteiger partial charge in [-0.1, -0.05) is 12.1 Å². The summed E-state index contributed by atoms with van der Waals surface area (Å²) in [5.74, 6) is 0.120. The lowest BCUT2D eigenvalue weighted by molar-refractivity contribution is -0.127. The molecule has 0 saturated heterocycles. The van der Waals surface area contributed by atoms with Crippen LogP contribution >= 0.6 is 27.3 Å². The minimum atomic E-state index is 0.120. The van der Waals surface area contributed by atoms with Gasteiger partial charge in [-0.3, -0.25) is 4.79 Å². The fraction of sp³-hybridized carbons (Fsp3) is 0.267. The summed E-state index contributed by atoms with van der Waals surface area (Å²) < 4.78 is 1.15. The quantitative estimate of drug-likeness (QED) is 0.888. The van der Waals surface area contributed by atoms with Crippen LogP contribution in [0.25, 0.3) is 0 Å². The highest BCUT2D eigenvalue weighted by atomic mass is 79.9. The number of carbonyl (C=O) groups is 1. The lowest BCUT2D eigenvalue weighted by atomic mass is 10.1. The van der Waals surface area contributed by atoms with Gasteiger partial charge in [0.25, 0.3) is 0 Å². The zero-order valence-corrected chi connectivity index (χ0v) is 13.9. The average molecular weight is 353 g/mol. The lowest BCUT2D eigenvalue weighted by Gasteiger charge is -2.10. The van der Waals surface area contributed by atoms with Gasteiger partial charge in [-0.15, -0.1) is 11.3 Å². The molecule has 1 N–H and O–H groups in total. The first-order valence-electron chi connectivity index (χ1n) is 6.32. The smallest absolute Gasteiger partial charge is 0.226 e. The van der Waals surface area contributed by atoms with Crippen LogP contribution in [-0.2, 0) is 17.8 Å². The topological polar surface area (TPSA) is 32.3 Å². The molecule has 0 bridgehead atoms. The molecule has 0 unspecified atom stereocenters. The number of amides is 1. The van der Waals surface area contributed by atoms with E-state index >= 15 is 0 Å². The molecule has 0 aliphatic rings. The Hall–Kier alpha value is -1.33. The van der Waals surface area contributed by atoms with Crippen molar-refractivity contribution in [2.24, 2.45) is 0 Å². The first-order valence-corrected chi connectivity index (χ1v) is 7.93. The van der Waals surface area contributed by atoms with E-state index in [1.165, 1.54) is 4.88 Å². The van der Waals surface area contributed by atoms with Gasteiger partial charge in [-0.05, 0) is 45.8 Å². The number of halogens is 1. The molecule has 0 radical (unpaired) electrons. The molecule has 0 fully saturated rings. The Morgan fingerprint density at radius 2 is 1.90 bits per heavy atom. The number of thiophene rings is 1. The average Bonchev–Trinajstić information content (AvgIpc) is 2.83. The van der Waals surface area contributed by atoms with Crippen molar-refractivity contribution in [2.75, 3.05) is 19.4 Å². The van der Waals surface area contributed by atoms with E-state index in [-0.39, 0.29) is 5.91 Å². The molecular weight excluding hydrogens is 336 g/mol. The number of benzene rings is 1. The molecule has 0 aliphatic carbocycles. The summed E-state index contributed by atoms with van der Waals surface area (Å²) >= 11 is 5.18. The van der Waals surface area contributed by atoms with Crippen LogP contribution in [0.1, 0.15) is 10.4 Å². The van der Waals surface area contributed by atoms with Gasteiger partial charge in [-0.2, -0.15) is 0 Å². The summed E-state index contributed by atoms with van der Waals surface area (Å²) in [6.45, 7) is 0.812. The van der Waals surface area contributed by atoms with Gasteiger partial charge in [0.05, 0.1) is 10.2 Å². The summed E-state index contributed by atoms with van der Waals surface area (Å²) in [6, 6.07) is 12.2. The number of hydrogen-bond acceptors (Lipinski definition) is 3. The highest BCUT2D eigenvalue weighted by molar-refractivity contribution is 9.11. The van der Waals surface area contributed by atoms with E-state index in [1.807, 2.05) is 24.3 Å². The van der Waals surface area contributed by atoms with Gasteiger partial charge in [0.15, 0.2) is 0 Å². The van der Waals surface area contributed by atoms with E-state index in [1.54, 1.807) is 30.3 Å². The van der Waals surface area contributed by atoms with Crippen molar-refractivity contribution in [2.45, 2.75) is 13.0 Å². The summed E-state index contributed by atoms with van der Waals surface area (Å²) in [5, 5.41) is 3.37. The van der Waals surface area contributed by atoms with E-state index in [0.29, 0.717) is 6.42 Å². The lowest BCUT2D eigenvalue weighted by Crippen LogP contribution is -2.23. The van der Waals surface area contributed by atoms with Crippen LogP contribution in [0.2, 0.25) is 0 Å². The summed E-state index contributed by atoms with van der Waals surface area (Å²) in [4.78, 5) is 14.5. The van der Waals surface area contributed by atoms with Crippen LogP contribution in [0, 0.1) is 0 Å². The zero-order chi connectivity index (χ0) is 14.5. The maximum absolute atomic E-state index is 11.6. The van der Waals surface area contributed by atoms with Crippen molar-refractivity contribution in [3.8, 4) is 0 Å². The molecular formula is C15H17BrN2OS. The number of hydrogen-bond donors (Lipinski definition) is 1. The predicted octanol–water partition coefficient (Wildman–Crippen LogP) is 3.75. The third-order valence-electron chi connectivity index (χ3n) is 2.90. The van der Waals surface area contributed by atoms with Crippen LogP contribution in [0.5, 0.6) is 0 Å². The van der Waals surface area contributed by atoms with Crippen LogP contribution < -0.4 is 5.32 Å². The second kappa shape index (κ2) is 6.90. The summed E-state index contributed by atoms with van der Waals surface area (Å²) in [6.07, 6.45) is 0.450. The molecule has 20 heavy (non-hydrogen) atoms. The highest BCUT2D eigenvalue weighted by Crippen LogP contribution is 2.23. The molecule has 106 valence electrons. The van der Waals surface area contributed by atoms with Gasteiger partial charge >= 0.3 is 0 Å². The maximum Gasteiger partial charge on any atom is 0.226 e. The predicted molar refractivity (Wildman–Crippen MR) is 88.2 cm³/mol. The maximum atomic E-state index is 11.6. The van der Waals surface area contributed by atoms with Crippen LogP contribution in [0.3, 0.4) is 0 Å². The monoisotopic (exact) mass is 352 g/mol. The Kier molecular flexibility index (Phi) is 5.20. The fourth-order valence-electron chi connectivity index (χ4n) is 1.71. The number of nitrogens with one attached hydrogen (secondary N) is 1. The van der Waals surface area contributed by atoms with Crippen molar-refractivity contribution in [1.82, 2.24) is 4.90 Å². The number of carbonyl (C=O) groups excluding carboxylic acids is 1. The first kappa shape index (κ1) is 15.1. The Morgan fingerprint density at radius 1 is 1.20 bits per heavy atom. The molecule has 1 aromatic heterocycles. The van der Waals surface area contributed by atoms with Crippen molar-refractivity contribution in [1.29, 1.82) is 0 Å². The molecule has 1 heterocycles. The number of likely N-dealkylation sites (N-methyl/N-ethyl adjacent to an activating group) is 1. The van der Waals surface area contributed by atoms with Crippen molar-refractivity contribution in [3.63, 3.8) is 0 Å². The summed E-state index contributed by atoms with van der Waals surface area (Å²) in [7, 11) is 3.55. The minimum Gasteiger partial charge on any atom is -0.380 e. The Balaban J connectivity index is 1.89. The number of rotatable bonds is 5. The van der Waals surface area contributed by atoms with E-state index < -0.39 is 0 Å². The zero-order valence-electron chi connectivity index (χ0n) is 11.5. The molecule has 3 nitrogen and oxygen atoms in total. The summed E-state index contributed by atoms with van der Waals surface area (Å²) in [5.41, 5.74) is 2.10. The Bertz CT molecular complexity index is 578. The second-order valence-corrected chi connectivity index (χ2v) is 7.27. The van der Waals surface area contributed by atoms with Crippen molar-refractivity contribution >= 4 is 38.9 Å². The van der Waals surface area contributed by atoms with Gasteiger partial charge in [0, 0.05) is 31.2 Å². The Morgan fingerprint density at radius 3 is 2.45 bits per heavy atom. The van der Waals surface area contributed by atoms with Gasteiger partial charge in [-0.25, -0.2) is 0 Å². The van der Waals surface area contributed by atoms with Gasteiger partial charge in [0.2, 0.25) is 5.91 Å². The first-order chi connectivity index (χ1) is 9.54. The normalized spacial score (nSPS) is 10.3. The standard InChI is InChI=1S/C15H17BrN2OS/c1-18(2)15(19)9-11-3-5-12(6-4-11)17-10-13-7-8-14(16)20-13/h3-8,17H,9-10H2,1-2H3. The Labute approximate surface area is 131 Å². The van der Waals surface area contributed by atoms with Crippen LogP contribution in [0.4, 0.5) is 5.69 Å². The van der Waals surface area contributed by atoms with E-state index in [4.69, 9.17) is 0 Å². The number of nitrogens with zero attached hydrogens (tertiary/aromatic N) is 1. The highest BCUT2D eigenvalue weighted by Gasteiger charge is 2.05. The largest absolute Gasteiger partial charge is 0.380 e. The van der Waals surface area contributed by atoms with E-state index in [9.17, 15) is 4.79 Å². The molecule has 0 spiro atoms. The number of anilines is 1. The van der Waals surface area contributed by atoms with E-state index in [0.717, 1.165) is 21.6 Å². The second-order valence-electron chi connectivity index (χ2n) is 4.72. The fourth-order valence-corrected chi connectivity index (χ4v) is 3.13. The van der Waals surface area contributed by atoms with Gasteiger partial charge < -0.3 is 10.2 Å². The molecule has 0 aliphatic heterocycles. The molecule has 2 rings (SSSR count). The molecule has 1 amide bonds. The van der Waals surface area contributed by atoms with Crippen LogP contribution in [-0.4, -0.2) is 24.9 Å².